The molecular formula is C15H16N4O. The highest BCUT2D eigenvalue weighted by molar-refractivity contribution is 5.74. The minimum atomic E-state index is -0.169. The predicted octanol–water partition coefficient (Wildman–Crippen LogP) is 1.27. The van der Waals surface area contributed by atoms with Crippen LogP contribution in [0.25, 0.3) is 11.3 Å². The fourth-order valence-electron chi connectivity index (χ4n) is 3.24. The maximum absolute atomic E-state index is 5.67. The molecule has 0 amide bonds. The first-order chi connectivity index (χ1) is 9.65. The van der Waals surface area contributed by atoms with Crippen LogP contribution in [0.5, 0.6) is 0 Å². The number of fused-ring (bicyclic) bond motifs is 1. The molecule has 1 spiro atoms. The first-order valence-electron chi connectivity index (χ1n) is 6.74. The van der Waals surface area contributed by atoms with Gasteiger partial charge in [0.25, 0.3) is 6.02 Å². The number of aliphatic imine (C=N–C) groups is 1. The summed E-state index contributed by atoms with van der Waals surface area (Å²) in [6, 6.07) is 8.94. The van der Waals surface area contributed by atoms with E-state index in [1.54, 1.807) is 0 Å². The van der Waals surface area contributed by atoms with Crippen molar-refractivity contribution in [2.24, 2.45) is 17.8 Å². The molecule has 1 aromatic heterocycles. The number of nitrogens with two attached hydrogens (primary N) is 1. The van der Waals surface area contributed by atoms with Gasteiger partial charge in [0.2, 0.25) is 0 Å². The van der Waals surface area contributed by atoms with E-state index in [0.717, 1.165) is 18.5 Å². The van der Waals surface area contributed by atoms with Crippen molar-refractivity contribution in [3.63, 3.8) is 0 Å². The molecule has 5 heteroatoms. The molecule has 2 heterocycles. The standard InChI is InChI=1S/C15H16N4O/c1-19-13(4-5-17-19)10-2-3-11-7-15(8-12(11)6-10)9-20-14(16)18-15/h2-6H,7-9H2,1H3,(H2,16,18). The monoisotopic (exact) mass is 268 g/mol. The molecule has 2 aliphatic rings. The third-order valence-electron chi connectivity index (χ3n) is 4.20. The first kappa shape index (κ1) is 11.5. The van der Waals surface area contributed by atoms with Gasteiger partial charge in [-0.15, -0.1) is 0 Å². The second-order valence-corrected chi connectivity index (χ2v) is 5.64. The van der Waals surface area contributed by atoms with Crippen LogP contribution in [0.4, 0.5) is 0 Å². The van der Waals surface area contributed by atoms with E-state index in [9.17, 15) is 0 Å². The number of aryl methyl sites for hydroxylation is 1. The lowest BCUT2D eigenvalue weighted by Gasteiger charge is -2.15. The van der Waals surface area contributed by atoms with Crippen LogP contribution in [-0.4, -0.2) is 27.9 Å². The summed E-state index contributed by atoms with van der Waals surface area (Å²) < 4.78 is 7.25. The molecule has 1 unspecified atom stereocenters. The van der Waals surface area contributed by atoms with E-state index in [0.29, 0.717) is 12.6 Å². The number of rotatable bonds is 1. The lowest BCUT2D eigenvalue weighted by atomic mass is 9.99. The average Bonchev–Trinajstić information content (AvgIpc) is 3.08. The van der Waals surface area contributed by atoms with Gasteiger partial charge < -0.3 is 10.5 Å². The van der Waals surface area contributed by atoms with E-state index in [4.69, 9.17) is 10.5 Å². The van der Waals surface area contributed by atoms with Crippen molar-refractivity contribution in [2.75, 3.05) is 6.61 Å². The molecule has 5 nitrogen and oxygen atoms in total. The van der Waals surface area contributed by atoms with Crippen molar-refractivity contribution in [3.05, 3.63) is 41.6 Å². The molecule has 0 saturated heterocycles. The fraction of sp³-hybridized carbons (Fsp3) is 0.333. The van der Waals surface area contributed by atoms with E-state index < -0.39 is 0 Å². The van der Waals surface area contributed by atoms with E-state index >= 15 is 0 Å². The van der Waals surface area contributed by atoms with E-state index in [2.05, 4.69) is 28.3 Å². The van der Waals surface area contributed by atoms with Crippen LogP contribution in [0, 0.1) is 0 Å². The number of hydrogen-bond acceptors (Lipinski definition) is 4. The summed E-state index contributed by atoms with van der Waals surface area (Å²) >= 11 is 0. The number of ether oxygens (including phenoxy) is 1. The van der Waals surface area contributed by atoms with Gasteiger partial charge in [0.15, 0.2) is 0 Å². The molecule has 0 saturated carbocycles. The van der Waals surface area contributed by atoms with Gasteiger partial charge in [-0.2, -0.15) is 5.10 Å². The largest absolute Gasteiger partial charge is 0.463 e. The van der Waals surface area contributed by atoms with Gasteiger partial charge >= 0.3 is 0 Å². The second-order valence-electron chi connectivity index (χ2n) is 5.64. The molecule has 1 aliphatic heterocycles. The van der Waals surface area contributed by atoms with Gasteiger partial charge in [0.05, 0.1) is 5.69 Å². The lowest BCUT2D eigenvalue weighted by molar-refractivity contribution is 0.258. The molecule has 20 heavy (non-hydrogen) atoms. The Morgan fingerprint density at radius 1 is 1.25 bits per heavy atom. The normalized spacial score (nSPS) is 23.8. The van der Waals surface area contributed by atoms with Crippen molar-refractivity contribution < 1.29 is 4.74 Å². The molecule has 0 fully saturated rings. The molecular weight excluding hydrogens is 252 g/mol. The van der Waals surface area contributed by atoms with Gasteiger partial charge in [-0.1, -0.05) is 12.1 Å². The molecule has 4 rings (SSSR count). The highest BCUT2D eigenvalue weighted by Gasteiger charge is 2.41. The Labute approximate surface area is 117 Å². The highest BCUT2D eigenvalue weighted by atomic mass is 16.5. The molecule has 1 aliphatic carbocycles. The van der Waals surface area contributed by atoms with Gasteiger partial charge in [-0.25, -0.2) is 4.99 Å². The summed E-state index contributed by atoms with van der Waals surface area (Å²) in [5, 5.41) is 4.23. The Bertz CT molecular complexity index is 718. The van der Waals surface area contributed by atoms with Crippen molar-refractivity contribution >= 4 is 6.02 Å². The van der Waals surface area contributed by atoms with Crippen LogP contribution in [0.2, 0.25) is 0 Å². The first-order valence-corrected chi connectivity index (χ1v) is 6.74. The number of amidine groups is 1. The van der Waals surface area contributed by atoms with Crippen LogP contribution in [0.3, 0.4) is 0 Å². The summed E-state index contributed by atoms with van der Waals surface area (Å²) in [6.07, 6.45) is 3.63. The number of hydrogen-bond donors (Lipinski definition) is 1. The minimum absolute atomic E-state index is 0.169. The van der Waals surface area contributed by atoms with Crippen molar-refractivity contribution in [1.82, 2.24) is 9.78 Å². The Kier molecular flexibility index (Phi) is 2.22. The Hall–Kier alpha value is -2.30. The molecule has 0 radical (unpaired) electrons. The summed E-state index contributed by atoms with van der Waals surface area (Å²) in [7, 11) is 1.96. The summed E-state index contributed by atoms with van der Waals surface area (Å²) in [6.45, 7) is 0.592. The highest BCUT2D eigenvalue weighted by Crippen LogP contribution is 2.37. The maximum atomic E-state index is 5.67. The summed E-state index contributed by atoms with van der Waals surface area (Å²) in [5.74, 6) is 0. The van der Waals surface area contributed by atoms with Crippen LogP contribution in [0.1, 0.15) is 11.1 Å². The third kappa shape index (κ3) is 1.62. The van der Waals surface area contributed by atoms with Gasteiger partial charge in [0.1, 0.15) is 12.1 Å². The molecule has 1 atom stereocenters. The van der Waals surface area contributed by atoms with Crippen molar-refractivity contribution in [2.45, 2.75) is 18.4 Å². The van der Waals surface area contributed by atoms with Crippen LogP contribution >= 0.6 is 0 Å². The van der Waals surface area contributed by atoms with Gasteiger partial charge in [0, 0.05) is 31.6 Å². The number of benzene rings is 1. The quantitative estimate of drug-likeness (QED) is 0.847. The fourth-order valence-corrected chi connectivity index (χ4v) is 3.24. The van der Waals surface area contributed by atoms with Gasteiger partial charge in [-0.3, -0.25) is 4.68 Å². The zero-order chi connectivity index (χ0) is 13.7. The van der Waals surface area contributed by atoms with E-state index in [1.165, 1.54) is 16.7 Å². The summed E-state index contributed by atoms with van der Waals surface area (Å²) in [4.78, 5) is 4.50. The SMILES string of the molecule is Cn1nccc1-c1ccc2c(c1)CC1(COC(N)=N1)C2. The Morgan fingerprint density at radius 3 is 2.80 bits per heavy atom. The van der Waals surface area contributed by atoms with Crippen LogP contribution < -0.4 is 5.73 Å². The zero-order valence-corrected chi connectivity index (χ0v) is 11.3. The second kappa shape index (κ2) is 3.85. The Morgan fingerprint density at radius 2 is 2.10 bits per heavy atom. The predicted molar refractivity (Wildman–Crippen MR) is 76.4 cm³/mol. The number of nitrogens with zero attached hydrogens (tertiary/aromatic N) is 3. The van der Waals surface area contributed by atoms with Crippen LogP contribution in [0.15, 0.2) is 35.5 Å². The number of aromatic nitrogens is 2. The van der Waals surface area contributed by atoms with Gasteiger partial charge in [-0.05, 0) is 23.3 Å². The topological polar surface area (TPSA) is 65.4 Å². The molecule has 2 aromatic rings. The Balaban J connectivity index is 1.72. The zero-order valence-electron chi connectivity index (χ0n) is 11.3. The third-order valence-corrected chi connectivity index (χ3v) is 4.20. The molecule has 1 aromatic carbocycles. The minimum Gasteiger partial charge on any atom is -0.463 e. The molecule has 102 valence electrons. The summed E-state index contributed by atoms with van der Waals surface area (Å²) in [5.41, 5.74) is 10.5. The van der Waals surface area contributed by atoms with E-state index in [1.807, 2.05) is 24.0 Å². The maximum Gasteiger partial charge on any atom is 0.282 e. The van der Waals surface area contributed by atoms with Crippen LogP contribution in [-0.2, 0) is 24.6 Å². The smallest absolute Gasteiger partial charge is 0.282 e. The lowest BCUT2D eigenvalue weighted by Crippen LogP contribution is -2.28. The van der Waals surface area contributed by atoms with Crippen molar-refractivity contribution in [1.29, 1.82) is 0 Å². The van der Waals surface area contributed by atoms with Crippen molar-refractivity contribution in [3.8, 4) is 11.3 Å². The average molecular weight is 268 g/mol. The van der Waals surface area contributed by atoms with E-state index in [-0.39, 0.29) is 5.54 Å². The molecule has 0 bridgehead atoms. The molecule has 2 N–H and O–H groups in total.